The molecule has 0 aromatic heterocycles. The van der Waals surface area contributed by atoms with Crippen LogP contribution >= 0.6 is 0 Å². The summed E-state index contributed by atoms with van der Waals surface area (Å²) >= 11 is 0. The zero-order valence-corrected chi connectivity index (χ0v) is 6.56. The summed E-state index contributed by atoms with van der Waals surface area (Å²) in [5.41, 5.74) is 0. The first-order valence-electron chi connectivity index (χ1n) is 3.84. The van der Waals surface area contributed by atoms with E-state index in [1.54, 1.807) is 0 Å². The minimum absolute atomic E-state index is 1.18. The van der Waals surface area contributed by atoms with Gasteiger partial charge in [0.1, 0.15) is 0 Å². The molecule has 0 atom stereocenters. The van der Waals surface area contributed by atoms with E-state index in [0.29, 0.717) is 0 Å². The van der Waals surface area contributed by atoms with E-state index in [4.69, 9.17) is 0 Å². The van der Waals surface area contributed by atoms with Gasteiger partial charge in [0, 0.05) is 0 Å². The second-order valence-electron chi connectivity index (χ2n) is 2.22. The summed E-state index contributed by atoms with van der Waals surface area (Å²) in [6.07, 6.45) is 11.7. The quantitative estimate of drug-likeness (QED) is 0.390. The Balaban J connectivity index is 2.82. The van der Waals surface area contributed by atoms with Gasteiger partial charge in [-0.25, -0.2) is 0 Å². The summed E-state index contributed by atoms with van der Waals surface area (Å²) in [4.78, 5) is 0. The van der Waals surface area contributed by atoms with Gasteiger partial charge in [-0.1, -0.05) is 32.4 Å². The van der Waals surface area contributed by atoms with Crippen LogP contribution in [0.25, 0.3) is 0 Å². The van der Waals surface area contributed by atoms with Crippen LogP contribution in [0.15, 0.2) is 12.2 Å². The molecule has 0 saturated heterocycles. The van der Waals surface area contributed by atoms with Gasteiger partial charge in [0.15, 0.2) is 0 Å². The zero-order valence-electron chi connectivity index (χ0n) is 6.56. The van der Waals surface area contributed by atoms with E-state index >= 15 is 0 Å². The standard InChI is InChI=1S/C9H17/c1-3-5-7-9-8-6-4-2/h3,6,8H,4-5,7,9H2,1-2H3/b8-6+. The monoisotopic (exact) mass is 125 g/mol. The Morgan fingerprint density at radius 2 is 1.89 bits per heavy atom. The number of hydrogen-bond donors (Lipinski definition) is 0. The van der Waals surface area contributed by atoms with Crippen LogP contribution in [0.1, 0.15) is 39.5 Å². The Morgan fingerprint density at radius 1 is 1.11 bits per heavy atom. The van der Waals surface area contributed by atoms with Crippen molar-refractivity contribution >= 4 is 0 Å². The van der Waals surface area contributed by atoms with E-state index in [9.17, 15) is 0 Å². The van der Waals surface area contributed by atoms with Crippen molar-refractivity contribution in [1.82, 2.24) is 0 Å². The van der Waals surface area contributed by atoms with Crippen LogP contribution in [0.5, 0.6) is 0 Å². The molecule has 0 aromatic carbocycles. The molecule has 53 valence electrons. The summed E-state index contributed by atoms with van der Waals surface area (Å²) < 4.78 is 0. The maximum absolute atomic E-state index is 2.27. The van der Waals surface area contributed by atoms with Gasteiger partial charge in [-0.15, -0.1) is 0 Å². The van der Waals surface area contributed by atoms with Crippen LogP contribution in [0.3, 0.4) is 0 Å². The summed E-state index contributed by atoms with van der Waals surface area (Å²) in [6, 6.07) is 0. The van der Waals surface area contributed by atoms with Gasteiger partial charge in [-0.3, -0.25) is 0 Å². The first kappa shape index (κ1) is 8.74. The first-order chi connectivity index (χ1) is 4.41. The van der Waals surface area contributed by atoms with E-state index in [1.807, 2.05) is 0 Å². The predicted octanol–water partition coefficient (Wildman–Crippen LogP) is 3.35. The predicted molar refractivity (Wildman–Crippen MR) is 43.3 cm³/mol. The van der Waals surface area contributed by atoms with Gasteiger partial charge in [-0.2, -0.15) is 0 Å². The molecule has 0 spiro atoms. The van der Waals surface area contributed by atoms with E-state index in [0.717, 1.165) is 0 Å². The third-order valence-corrected chi connectivity index (χ3v) is 1.27. The van der Waals surface area contributed by atoms with Crippen molar-refractivity contribution in [2.24, 2.45) is 0 Å². The lowest BCUT2D eigenvalue weighted by molar-refractivity contribution is 0.826. The highest BCUT2D eigenvalue weighted by Crippen LogP contribution is 1.98. The van der Waals surface area contributed by atoms with Crippen molar-refractivity contribution < 1.29 is 0 Å². The fraction of sp³-hybridized carbons (Fsp3) is 0.667. The molecule has 0 aliphatic rings. The molecule has 0 unspecified atom stereocenters. The summed E-state index contributed by atoms with van der Waals surface area (Å²) in [5, 5.41) is 0. The summed E-state index contributed by atoms with van der Waals surface area (Å²) in [7, 11) is 0. The van der Waals surface area contributed by atoms with E-state index < -0.39 is 0 Å². The molecule has 0 heteroatoms. The minimum Gasteiger partial charge on any atom is -0.0888 e. The van der Waals surface area contributed by atoms with Crippen molar-refractivity contribution in [2.45, 2.75) is 39.5 Å². The Morgan fingerprint density at radius 3 is 2.44 bits per heavy atom. The maximum atomic E-state index is 2.27. The van der Waals surface area contributed by atoms with E-state index in [2.05, 4.69) is 32.4 Å². The highest BCUT2D eigenvalue weighted by Gasteiger charge is 1.79. The zero-order chi connectivity index (χ0) is 6.95. The highest BCUT2D eigenvalue weighted by molar-refractivity contribution is 4.80. The molecule has 0 N–H and O–H groups in total. The van der Waals surface area contributed by atoms with Gasteiger partial charge in [0.2, 0.25) is 0 Å². The minimum atomic E-state index is 1.18. The number of hydrogen-bond acceptors (Lipinski definition) is 0. The summed E-state index contributed by atoms with van der Waals surface area (Å²) in [5.74, 6) is 0. The number of allylic oxidation sites excluding steroid dienone is 2. The fourth-order valence-corrected chi connectivity index (χ4v) is 0.724. The highest BCUT2D eigenvalue weighted by atomic mass is 13.9. The summed E-state index contributed by atoms with van der Waals surface area (Å²) in [6.45, 7) is 4.28. The molecular formula is C9H17. The SMILES string of the molecule is C[CH]CCC/C=C/CC. The lowest BCUT2D eigenvalue weighted by atomic mass is 10.2. The van der Waals surface area contributed by atoms with Crippen molar-refractivity contribution in [3.8, 4) is 0 Å². The third-order valence-electron chi connectivity index (χ3n) is 1.27. The second kappa shape index (κ2) is 7.74. The Kier molecular flexibility index (Phi) is 7.52. The van der Waals surface area contributed by atoms with Crippen molar-refractivity contribution in [1.29, 1.82) is 0 Å². The topological polar surface area (TPSA) is 0 Å². The van der Waals surface area contributed by atoms with Gasteiger partial charge in [0.05, 0.1) is 0 Å². The lowest BCUT2D eigenvalue weighted by Gasteiger charge is -1.89. The number of unbranched alkanes of at least 4 members (excludes halogenated alkanes) is 3. The molecule has 9 heavy (non-hydrogen) atoms. The van der Waals surface area contributed by atoms with Crippen molar-refractivity contribution in [2.75, 3.05) is 0 Å². The molecule has 0 nitrogen and oxygen atoms in total. The van der Waals surface area contributed by atoms with Crippen LogP contribution in [0.2, 0.25) is 0 Å². The molecule has 0 amide bonds. The normalized spacial score (nSPS) is 10.9. The largest absolute Gasteiger partial charge is 0.0888 e. The molecule has 0 fully saturated rings. The van der Waals surface area contributed by atoms with Gasteiger partial charge in [-0.05, 0) is 25.7 Å². The van der Waals surface area contributed by atoms with Gasteiger partial charge >= 0.3 is 0 Å². The van der Waals surface area contributed by atoms with E-state index in [-0.39, 0.29) is 0 Å². The van der Waals surface area contributed by atoms with Gasteiger partial charge in [0.25, 0.3) is 0 Å². The Labute approximate surface area is 59.0 Å². The first-order valence-corrected chi connectivity index (χ1v) is 3.84. The van der Waals surface area contributed by atoms with Crippen LogP contribution in [0.4, 0.5) is 0 Å². The molecule has 0 aromatic rings. The molecule has 0 bridgehead atoms. The van der Waals surface area contributed by atoms with Crippen LogP contribution in [0, 0.1) is 6.42 Å². The van der Waals surface area contributed by atoms with Crippen LogP contribution < -0.4 is 0 Å². The van der Waals surface area contributed by atoms with Crippen molar-refractivity contribution in [3.63, 3.8) is 0 Å². The molecule has 0 rings (SSSR count). The molecule has 0 aliphatic heterocycles. The average Bonchev–Trinajstić information content (AvgIpc) is 1.89. The molecule has 0 heterocycles. The molecule has 0 saturated carbocycles. The smallest absolute Gasteiger partial charge is 0.0351 e. The fourth-order valence-electron chi connectivity index (χ4n) is 0.724. The maximum Gasteiger partial charge on any atom is -0.0351 e. The second-order valence-corrected chi connectivity index (χ2v) is 2.22. The van der Waals surface area contributed by atoms with Crippen molar-refractivity contribution in [3.05, 3.63) is 18.6 Å². The number of rotatable bonds is 5. The molecule has 1 radical (unpaired) electrons. The van der Waals surface area contributed by atoms with Crippen LogP contribution in [-0.2, 0) is 0 Å². The molecule has 0 aliphatic carbocycles. The third kappa shape index (κ3) is 7.74. The van der Waals surface area contributed by atoms with Crippen LogP contribution in [-0.4, -0.2) is 0 Å². The Hall–Kier alpha value is -0.260. The lowest BCUT2D eigenvalue weighted by Crippen LogP contribution is -1.70. The Bertz CT molecular complexity index is 62.4. The van der Waals surface area contributed by atoms with Gasteiger partial charge < -0.3 is 0 Å². The molecular weight excluding hydrogens is 108 g/mol. The average molecular weight is 125 g/mol. The van der Waals surface area contributed by atoms with E-state index in [1.165, 1.54) is 25.7 Å².